The Morgan fingerprint density at radius 2 is 1.95 bits per heavy atom. The van der Waals surface area contributed by atoms with E-state index in [-0.39, 0.29) is 2.85 Å². The quantitative estimate of drug-likeness (QED) is 0.890. The predicted molar refractivity (Wildman–Crippen MR) is 81.3 cm³/mol. The summed E-state index contributed by atoms with van der Waals surface area (Å²) in [6, 6.07) is 1.89. The van der Waals surface area contributed by atoms with Crippen LogP contribution in [0, 0.1) is 6.92 Å². The summed E-state index contributed by atoms with van der Waals surface area (Å²) < 4.78 is 20.7. The van der Waals surface area contributed by atoms with Crippen molar-refractivity contribution in [1.29, 1.82) is 0 Å². The Morgan fingerprint density at radius 1 is 1.32 bits per heavy atom. The summed E-state index contributed by atoms with van der Waals surface area (Å²) in [5.74, 6) is 0.543. The molecular formula is C14H20F2N4O2. The molecule has 0 amide bonds. The van der Waals surface area contributed by atoms with Crippen molar-refractivity contribution in [1.82, 2.24) is 20.2 Å². The monoisotopic (exact) mass is 314 g/mol. The van der Waals surface area contributed by atoms with Gasteiger partial charge in [0.15, 0.2) is 0 Å². The van der Waals surface area contributed by atoms with E-state index in [1.165, 1.54) is 6.20 Å². The zero-order valence-corrected chi connectivity index (χ0v) is 12.2. The minimum atomic E-state index is -2.17. The second kappa shape index (κ2) is 6.59. The molecule has 1 saturated carbocycles. The first kappa shape index (κ1) is 16.0. The summed E-state index contributed by atoms with van der Waals surface area (Å²) in [5.41, 5.74) is 1.92. The molecule has 0 saturated heterocycles. The number of aryl methyl sites for hydroxylation is 1. The first-order valence-electron chi connectivity index (χ1n) is 6.83. The summed E-state index contributed by atoms with van der Waals surface area (Å²) >= 11 is 0. The van der Waals surface area contributed by atoms with E-state index in [4.69, 9.17) is 0 Å². The number of alkyl halides is 2. The highest BCUT2D eigenvalue weighted by atomic mass is 19.3. The van der Waals surface area contributed by atoms with Gasteiger partial charge in [-0.15, -0.1) is 5.10 Å². The third kappa shape index (κ3) is 4.06. The lowest BCUT2D eigenvalue weighted by atomic mass is 10.1. The molecule has 2 aromatic rings. The van der Waals surface area contributed by atoms with Crippen LogP contribution in [0.3, 0.4) is 0 Å². The number of H-pyrrole nitrogens is 2. The first-order valence-corrected chi connectivity index (χ1v) is 6.83. The number of aromatic nitrogens is 4. The number of hydrogen-bond donors (Lipinski definition) is 2. The van der Waals surface area contributed by atoms with Gasteiger partial charge in [0.2, 0.25) is 6.43 Å². The summed E-state index contributed by atoms with van der Waals surface area (Å²) in [5, 5.41) is 8.10. The summed E-state index contributed by atoms with van der Waals surface area (Å²) in [7, 11) is 0. The average molecular weight is 314 g/mol. The highest BCUT2D eigenvalue weighted by Crippen LogP contribution is 2.41. The van der Waals surface area contributed by atoms with E-state index in [0.717, 1.165) is 31.0 Å². The number of nitrogens with one attached hydrogen (secondary N) is 2. The van der Waals surface area contributed by atoms with E-state index >= 15 is 0 Å². The fraction of sp³-hybridized carbons (Fsp3) is 0.429. The molecule has 6 nitrogen and oxygen atoms in total. The van der Waals surface area contributed by atoms with Crippen LogP contribution in [0.2, 0.25) is 0 Å². The lowest BCUT2D eigenvalue weighted by molar-refractivity contribution is 0.171. The van der Waals surface area contributed by atoms with Crippen LogP contribution in [0.1, 0.15) is 39.8 Å². The summed E-state index contributed by atoms with van der Waals surface area (Å²) in [6.45, 7) is 2.75. The van der Waals surface area contributed by atoms with E-state index in [9.17, 15) is 18.4 Å². The van der Waals surface area contributed by atoms with E-state index in [2.05, 4.69) is 20.2 Å². The maximum atomic E-state index is 11.7. The van der Waals surface area contributed by atoms with Crippen LogP contribution in [-0.4, -0.2) is 26.6 Å². The van der Waals surface area contributed by atoms with Gasteiger partial charge in [0.05, 0.1) is 11.3 Å². The largest absolute Gasteiger partial charge is 0.325 e. The van der Waals surface area contributed by atoms with Crippen LogP contribution < -0.4 is 11.2 Å². The Balaban J connectivity index is 0.000000801. The fourth-order valence-electron chi connectivity index (χ4n) is 2.01. The molecule has 0 aromatic carbocycles. The molecule has 0 bridgehead atoms. The molecule has 0 aliphatic heterocycles. The second-order valence-corrected chi connectivity index (χ2v) is 5.05. The summed E-state index contributed by atoms with van der Waals surface area (Å²) in [4.78, 5) is 27.3. The maximum absolute atomic E-state index is 11.7. The zero-order chi connectivity index (χ0) is 16.3. The molecule has 0 unspecified atom stereocenters. The van der Waals surface area contributed by atoms with Gasteiger partial charge in [-0.25, -0.2) is 13.6 Å². The van der Waals surface area contributed by atoms with E-state index in [1.807, 2.05) is 13.0 Å². The number of nitrogens with zero attached hydrogens (tertiary/aromatic N) is 2. The molecule has 0 spiro atoms. The smallest absolute Gasteiger partial charge is 0.313 e. The molecule has 8 heteroatoms. The van der Waals surface area contributed by atoms with Crippen molar-refractivity contribution in [2.24, 2.45) is 0 Å². The SMILES string of the molecule is CC(F)F.Cc1nnc(-c2c[nH]c(=O)[nH]c2=O)cc1C1CC1.[HH].[HH]. The van der Waals surface area contributed by atoms with Gasteiger partial charge in [-0.1, -0.05) is 0 Å². The van der Waals surface area contributed by atoms with Crippen molar-refractivity contribution in [3.63, 3.8) is 0 Å². The number of rotatable bonds is 2. The highest BCUT2D eigenvalue weighted by Gasteiger charge is 2.26. The predicted octanol–water partition coefficient (Wildman–Crippen LogP) is 2.47. The lowest BCUT2D eigenvalue weighted by Gasteiger charge is -2.04. The molecule has 1 fully saturated rings. The molecule has 22 heavy (non-hydrogen) atoms. The van der Waals surface area contributed by atoms with Crippen molar-refractivity contribution in [3.8, 4) is 11.3 Å². The number of halogens is 2. The Hall–Kier alpha value is -2.38. The van der Waals surface area contributed by atoms with E-state index < -0.39 is 17.7 Å². The molecule has 2 heterocycles. The lowest BCUT2D eigenvalue weighted by Crippen LogP contribution is -2.23. The topological polar surface area (TPSA) is 91.5 Å². The van der Waals surface area contributed by atoms with Crippen LogP contribution in [0.25, 0.3) is 11.3 Å². The Bertz CT molecular complexity index is 773. The van der Waals surface area contributed by atoms with Gasteiger partial charge in [-0.05, 0) is 44.2 Å². The van der Waals surface area contributed by atoms with Crippen molar-refractivity contribution >= 4 is 0 Å². The molecule has 0 atom stereocenters. The molecule has 1 aliphatic carbocycles. The van der Waals surface area contributed by atoms with Crippen molar-refractivity contribution in [2.75, 3.05) is 0 Å². The Morgan fingerprint density at radius 3 is 2.50 bits per heavy atom. The molecule has 3 rings (SSSR count). The van der Waals surface area contributed by atoms with Gasteiger partial charge < -0.3 is 4.98 Å². The minimum absolute atomic E-state index is 0. The van der Waals surface area contributed by atoms with Crippen LogP contribution in [-0.2, 0) is 0 Å². The molecule has 122 valence electrons. The molecule has 0 radical (unpaired) electrons. The van der Waals surface area contributed by atoms with Gasteiger partial charge in [0, 0.05) is 9.05 Å². The minimum Gasteiger partial charge on any atom is -0.313 e. The molecular weight excluding hydrogens is 294 g/mol. The van der Waals surface area contributed by atoms with Crippen LogP contribution in [0.5, 0.6) is 0 Å². The van der Waals surface area contributed by atoms with Gasteiger partial charge >= 0.3 is 5.69 Å². The first-order chi connectivity index (χ1) is 10.4. The second-order valence-electron chi connectivity index (χ2n) is 5.05. The fourth-order valence-corrected chi connectivity index (χ4v) is 2.01. The Labute approximate surface area is 127 Å². The number of aromatic amines is 2. The molecule has 2 N–H and O–H groups in total. The van der Waals surface area contributed by atoms with Gasteiger partial charge in [-0.2, -0.15) is 5.10 Å². The van der Waals surface area contributed by atoms with Crippen LogP contribution in [0.15, 0.2) is 21.9 Å². The van der Waals surface area contributed by atoms with Crippen molar-refractivity contribution in [3.05, 3.63) is 44.4 Å². The third-order valence-electron chi connectivity index (χ3n) is 3.13. The highest BCUT2D eigenvalue weighted by molar-refractivity contribution is 5.57. The van der Waals surface area contributed by atoms with Crippen LogP contribution >= 0.6 is 0 Å². The van der Waals surface area contributed by atoms with Gasteiger partial charge in [0.1, 0.15) is 5.69 Å². The third-order valence-corrected chi connectivity index (χ3v) is 3.13. The van der Waals surface area contributed by atoms with E-state index in [1.54, 1.807) is 0 Å². The van der Waals surface area contributed by atoms with Gasteiger partial charge in [-0.3, -0.25) is 9.78 Å². The van der Waals surface area contributed by atoms with Crippen LogP contribution in [0.4, 0.5) is 8.78 Å². The number of hydrogen-bond acceptors (Lipinski definition) is 4. The zero-order valence-electron chi connectivity index (χ0n) is 12.2. The standard InChI is InChI=1S/C12H12N4O2.C2H4F2.2H2/c1-6-8(7-2-3-7)4-10(16-15-6)9-5-13-12(18)14-11(9)17;1-2(3)4;;/h4-5,7H,2-3H2,1H3,(H2,13,14,17,18);2H,1H3;2*1H. The normalized spacial score (nSPS) is 13.7. The molecule has 1 aliphatic rings. The maximum Gasteiger partial charge on any atom is 0.325 e. The summed E-state index contributed by atoms with van der Waals surface area (Å²) in [6.07, 6.45) is 1.53. The average Bonchev–Trinajstić information content (AvgIpc) is 3.23. The van der Waals surface area contributed by atoms with Crippen molar-refractivity contribution < 1.29 is 11.6 Å². The molecule has 2 aromatic heterocycles. The van der Waals surface area contributed by atoms with E-state index in [0.29, 0.717) is 17.2 Å². The Kier molecular flexibility index (Phi) is 4.79. The van der Waals surface area contributed by atoms with Gasteiger partial charge in [0.25, 0.3) is 5.56 Å². The van der Waals surface area contributed by atoms with Crippen molar-refractivity contribution in [2.45, 2.75) is 39.0 Å².